The van der Waals surface area contributed by atoms with Crippen LogP contribution in [0.25, 0.3) is 27.8 Å². The summed E-state index contributed by atoms with van der Waals surface area (Å²) in [7, 11) is -3.53. The van der Waals surface area contributed by atoms with Crippen LogP contribution >= 0.6 is 0 Å². The lowest BCUT2D eigenvalue weighted by Crippen LogP contribution is -2.31. The van der Waals surface area contributed by atoms with E-state index in [0.717, 1.165) is 41.8 Å². The smallest absolute Gasteiger partial charge is 0.336 e. The molecule has 0 saturated carbocycles. The Kier molecular flexibility index (Phi) is 7.21. The summed E-state index contributed by atoms with van der Waals surface area (Å²) in [6.45, 7) is 1.00. The summed E-state index contributed by atoms with van der Waals surface area (Å²) in [5.41, 5.74) is 1.15. The van der Waals surface area contributed by atoms with Crippen molar-refractivity contribution in [2.24, 2.45) is 0 Å². The third-order valence-corrected chi connectivity index (χ3v) is 8.49. The molecule has 1 fully saturated rings. The van der Waals surface area contributed by atoms with Crippen molar-refractivity contribution in [1.82, 2.24) is 4.31 Å². The number of esters is 1. The Morgan fingerprint density at radius 2 is 1.68 bits per heavy atom. The van der Waals surface area contributed by atoms with Crippen LogP contribution in [0.2, 0.25) is 0 Å². The second-order valence-electron chi connectivity index (χ2n) is 9.08. The van der Waals surface area contributed by atoms with Gasteiger partial charge in [0, 0.05) is 36.2 Å². The van der Waals surface area contributed by atoms with Crippen molar-refractivity contribution in [3.63, 3.8) is 0 Å². The Labute approximate surface area is 215 Å². The Balaban J connectivity index is 1.28. The number of fused-ring (bicyclic) bond motifs is 3. The largest absolute Gasteiger partial charge is 0.458 e. The zero-order valence-electron chi connectivity index (χ0n) is 20.3. The van der Waals surface area contributed by atoms with Gasteiger partial charge in [-0.25, -0.2) is 18.0 Å². The van der Waals surface area contributed by atoms with Crippen LogP contribution in [-0.2, 0) is 26.2 Å². The predicted octanol–water partition coefficient (Wildman–Crippen LogP) is 5.27. The van der Waals surface area contributed by atoms with Crippen molar-refractivity contribution in [2.75, 3.05) is 13.1 Å². The zero-order valence-corrected chi connectivity index (χ0v) is 21.1. The molecule has 0 N–H and O–H groups in total. The molecule has 4 aromatic rings. The number of benzene rings is 3. The Morgan fingerprint density at radius 3 is 2.43 bits per heavy atom. The molecule has 0 radical (unpaired) electrons. The summed E-state index contributed by atoms with van der Waals surface area (Å²) < 4.78 is 38.2. The lowest BCUT2D eigenvalue weighted by molar-refractivity contribution is -0.138. The molecule has 1 aromatic heterocycles. The van der Waals surface area contributed by atoms with E-state index in [9.17, 15) is 18.0 Å². The van der Waals surface area contributed by atoms with Gasteiger partial charge in [0.2, 0.25) is 10.0 Å². The highest BCUT2D eigenvalue weighted by atomic mass is 32.2. The second-order valence-corrected chi connectivity index (χ2v) is 11.0. The number of rotatable bonds is 6. The van der Waals surface area contributed by atoms with E-state index < -0.39 is 21.6 Å². The van der Waals surface area contributed by atoms with Crippen molar-refractivity contribution in [2.45, 2.75) is 37.2 Å². The third-order valence-electron chi connectivity index (χ3n) is 6.58. The molecule has 1 saturated heterocycles. The van der Waals surface area contributed by atoms with Crippen molar-refractivity contribution in [1.29, 1.82) is 0 Å². The van der Waals surface area contributed by atoms with Gasteiger partial charge < -0.3 is 9.15 Å². The predicted molar refractivity (Wildman–Crippen MR) is 142 cm³/mol. The van der Waals surface area contributed by atoms with E-state index in [2.05, 4.69) is 0 Å². The Morgan fingerprint density at radius 1 is 0.946 bits per heavy atom. The molecule has 2 heterocycles. The molecule has 1 aliphatic heterocycles. The molecule has 37 heavy (non-hydrogen) atoms. The van der Waals surface area contributed by atoms with Gasteiger partial charge in [0.25, 0.3) is 0 Å². The molecule has 0 amide bonds. The highest BCUT2D eigenvalue weighted by Crippen LogP contribution is 2.28. The molecular weight excluding hydrogens is 490 g/mol. The molecule has 190 valence electrons. The van der Waals surface area contributed by atoms with Gasteiger partial charge in [-0.2, -0.15) is 4.31 Å². The standard InChI is InChI=1S/C29H27NO6S/c31-27(16-11-21-9-13-24(14-10-21)37(33,34)30-17-5-1-2-6-18-30)35-20-23-19-28(32)36-26-15-12-22-7-3-4-8-25(22)29(23)26/h3-4,7-16,19H,1-2,5-6,17-18,20H2/b16-11+. The van der Waals surface area contributed by atoms with Gasteiger partial charge in [0.05, 0.1) is 4.90 Å². The molecule has 5 rings (SSSR count). The molecule has 0 unspecified atom stereocenters. The number of carbonyl (C=O) groups excluding carboxylic acids is 1. The summed E-state index contributed by atoms with van der Waals surface area (Å²) >= 11 is 0. The van der Waals surface area contributed by atoms with E-state index >= 15 is 0 Å². The lowest BCUT2D eigenvalue weighted by atomic mass is 10.0. The quantitative estimate of drug-likeness (QED) is 0.150. The average molecular weight is 518 g/mol. The second kappa shape index (κ2) is 10.7. The van der Waals surface area contributed by atoms with Crippen molar-refractivity contribution >= 4 is 43.8 Å². The van der Waals surface area contributed by atoms with Crippen LogP contribution in [-0.4, -0.2) is 31.8 Å². The third kappa shape index (κ3) is 5.50. The minimum absolute atomic E-state index is 0.0910. The fraction of sp³-hybridized carbons (Fsp3) is 0.241. The van der Waals surface area contributed by atoms with Crippen molar-refractivity contribution in [3.8, 4) is 0 Å². The van der Waals surface area contributed by atoms with Crippen LogP contribution in [0.1, 0.15) is 36.8 Å². The molecule has 0 spiro atoms. The summed E-state index contributed by atoms with van der Waals surface area (Å²) in [6.07, 6.45) is 6.71. The van der Waals surface area contributed by atoms with Gasteiger partial charge in [-0.05, 0) is 53.5 Å². The summed E-state index contributed by atoms with van der Waals surface area (Å²) in [4.78, 5) is 24.7. The topological polar surface area (TPSA) is 93.9 Å². The minimum atomic E-state index is -3.53. The van der Waals surface area contributed by atoms with Crippen molar-refractivity contribution in [3.05, 3.63) is 94.4 Å². The van der Waals surface area contributed by atoms with Gasteiger partial charge in [0.15, 0.2) is 0 Å². The van der Waals surface area contributed by atoms with Crippen LogP contribution < -0.4 is 5.63 Å². The molecule has 8 heteroatoms. The molecule has 1 aliphatic rings. The summed E-state index contributed by atoms with van der Waals surface area (Å²) in [5, 5.41) is 2.62. The molecular formula is C29H27NO6S. The zero-order chi connectivity index (χ0) is 25.8. The number of hydrogen-bond acceptors (Lipinski definition) is 6. The average Bonchev–Trinajstić information content (AvgIpc) is 3.21. The van der Waals surface area contributed by atoms with E-state index in [1.807, 2.05) is 30.3 Å². The number of hydrogen-bond donors (Lipinski definition) is 0. The SMILES string of the molecule is O=C(/C=C/c1ccc(S(=O)(=O)N2CCCCCC2)cc1)OCc1cc(=O)oc2ccc3ccccc3c12. The maximum Gasteiger partial charge on any atom is 0.336 e. The fourth-order valence-corrected chi connectivity index (χ4v) is 6.19. The van der Waals surface area contributed by atoms with Gasteiger partial charge in [-0.15, -0.1) is 0 Å². The van der Waals surface area contributed by atoms with E-state index in [4.69, 9.17) is 9.15 Å². The van der Waals surface area contributed by atoms with Gasteiger partial charge >= 0.3 is 11.6 Å². The first-order valence-electron chi connectivity index (χ1n) is 12.3. The number of nitrogens with zero attached hydrogens (tertiary/aromatic N) is 1. The van der Waals surface area contributed by atoms with E-state index in [1.165, 1.54) is 12.1 Å². The lowest BCUT2D eigenvalue weighted by Gasteiger charge is -2.19. The first-order valence-corrected chi connectivity index (χ1v) is 13.8. The number of sulfonamides is 1. The van der Waals surface area contributed by atoms with Crippen molar-refractivity contribution < 1.29 is 22.4 Å². The monoisotopic (exact) mass is 517 g/mol. The maximum absolute atomic E-state index is 12.9. The normalized spacial score (nSPS) is 15.2. The first kappa shape index (κ1) is 24.9. The van der Waals surface area contributed by atoms with Crippen LogP contribution in [0.15, 0.2) is 86.9 Å². The molecule has 0 atom stereocenters. The van der Waals surface area contributed by atoms with E-state index in [0.29, 0.717) is 29.8 Å². The highest BCUT2D eigenvalue weighted by molar-refractivity contribution is 7.89. The van der Waals surface area contributed by atoms with Gasteiger partial charge in [-0.3, -0.25) is 0 Å². The van der Waals surface area contributed by atoms with Crippen LogP contribution in [0.3, 0.4) is 0 Å². The van der Waals surface area contributed by atoms with E-state index in [-0.39, 0.29) is 11.5 Å². The van der Waals surface area contributed by atoms with Crippen LogP contribution in [0.4, 0.5) is 0 Å². The van der Waals surface area contributed by atoms with Gasteiger partial charge in [0.1, 0.15) is 12.2 Å². The highest BCUT2D eigenvalue weighted by Gasteiger charge is 2.24. The van der Waals surface area contributed by atoms with Gasteiger partial charge in [-0.1, -0.05) is 55.3 Å². The molecule has 7 nitrogen and oxygen atoms in total. The maximum atomic E-state index is 12.9. The van der Waals surface area contributed by atoms with Crippen LogP contribution in [0, 0.1) is 0 Å². The van der Waals surface area contributed by atoms with Crippen LogP contribution in [0.5, 0.6) is 0 Å². The number of ether oxygens (including phenoxy) is 1. The minimum Gasteiger partial charge on any atom is -0.458 e. The Hall–Kier alpha value is -3.75. The number of carbonyl (C=O) groups is 1. The molecule has 0 aliphatic carbocycles. The fourth-order valence-electron chi connectivity index (χ4n) is 4.68. The molecule has 3 aromatic carbocycles. The molecule has 0 bridgehead atoms. The summed E-state index contributed by atoms with van der Waals surface area (Å²) in [6, 6.07) is 19.1. The summed E-state index contributed by atoms with van der Waals surface area (Å²) in [5.74, 6) is -0.581. The van der Waals surface area contributed by atoms with E-state index in [1.54, 1.807) is 40.7 Å². The first-order chi connectivity index (χ1) is 17.9. The Bertz CT molecular complexity index is 1630.